The van der Waals surface area contributed by atoms with E-state index < -0.39 is 12.0 Å². The van der Waals surface area contributed by atoms with Gasteiger partial charge in [0.15, 0.2) is 0 Å². The summed E-state index contributed by atoms with van der Waals surface area (Å²) >= 11 is 1.48. The van der Waals surface area contributed by atoms with Gasteiger partial charge in [-0.25, -0.2) is 9.78 Å². The van der Waals surface area contributed by atoms with E-state index >= 15 is 0 Å². The van der Waals surface area contributed by atoms with Crippen LogP contribution in [0.2, 0.25) is 0 Å². The Hall–Kier alpha value is -2.51. The fraction of sp³-hybridized carbons (Fsp3) is 0.409. The maximum atomic E-state index is 13.1. The van der Waals surface area contributed by atoms with Gasteiger partial charge >= 0.3 is 5.97 Å². The van der Waals surface area contributed by atoms with E-state index in [4.69, 9.17) is 14.9 Å². The van der Waals surface area contributed by atoms with Crippen molar-refractivity contribution in [1.29, 1.82) is 0 Å². The molecule has 0 amide bonds. The molecule has 0 bridgehead atoms. The summed E-state index contributed by atoms with van der Waals surface area (Å²) in [5, 5.41) is 3.17. The molecule has 0 unspecified atom stereocenters. The summed E-state index contributed by atoms with van der Waals surface area (Å²) in [4.78, 5) is 29.8. The Labute approximate surface area is 173 Å². The van der Waals surface area contributed by atoms with Crippen LogP contribution in [-0.4, -0.2) is 17.0 Å². The monoisotopic (exact) mass is 414 g/mol. The fourth-order valence-corrected chi connectivity index (χ4v) is 3.58. The van der Waals surface area contributed by atoms with Crippen molar-refractivity contribution in [1.82, 2.24) is 4.98 Å². The number of hydrogen-bond donors (Lipinski definition) is 1. The molecule has 2 heterocycles. The zero-order valence-corrected chi connectivity index (χ0v) is 18.0. The number of carbonyl (C=O) groups is 1. The average molecular weight is 415 g/mol. The lowest BCUT2D eigenvalue weighted by atomic mass is 10.0. The first-order valence-corrected chi connectivity index (χ1v) is 10.7. The Kier molecular flexibility index (Phi) is 6.49. The smallest absolute Gasteiger partial charge is 0.328 e. The molecule has 0 saturated heterocycles. The SMILES string of the molecule is CCCCc1cc2c(=O)c(-c3csc(C)n3)coc2cc1OC(=O)[C@H](N)C(C)C. The maximum absolute atomic E-state index is 13.1. The number of fused-ring (bicyclic) bond motifs is 1. The molecular weight excluding hydrogens is 388 g/mol. The van der Waals surface area contributed by atoms with E-state index in [9.17, 15) is 9.59 Å². The highest BCUT2D eigenvalue weighted by Crippen LogP contribution is 2.29. The van der Waals surface area contributed by atoms with Crippen LogP contribution in [0, 0.1) is 12.8 Å². The molecule has 1 aromatic carbocycles. The summed E-state index contributed by atoms with van der Waals surface area (Å²) in [6.45, 7) is 7.71. The Morgan fingerprint density at radius 2 is 2.10 bits per heavy atom. The minimum Gasteiger partial charge on any atom is -0.463 e. The third-order valence-corrected chi connectivity index (χ3v) is 5.62. The summed E-state index contributed by atoms with van der Waals surface area (Å²) in [6.07, 6.45) is 3.98. The number of unbranched alkanes of at least 4 members (excludes halogenated alkanes) is 1. The van der Waals surface area contributed by atoms with Gasteiger partial charge in [-0.2, -0.15) is 0 Å². The van der Waals surface area contributed by atoms with Gasteiger partial charge in [-0.3, -0.25) is 4.79 Å². The molecule has 3 aromatic rings. The second kappa shape index (κ2) is 8.88. The van der Waals surface area contributed by atoms with Crippen LogP contribution in [0.4, 0.5) is 0 Å². The molecule has 0 spiro atoms. The molecule has 29 heavy (non-hydrogen) atoms. The number of carbonyl (C=O) groups excluding carboxylic acids is 1. The molecule has 7 heteroatoms. The van der Waals surface area contributed by atoms with E-state index in [-0.39, 0.29) is 11.3 Å². The third kappa shape index (κ3) is 4.57. The molecular formula is C22H26N2O4S. The van der Waals surface area contributed by atoms with Gasteiger partial charge in [-0.15, -0.1) is 11.3 Å². The number of nitrogens with two attached hydrogens (primary N) is 1. The number of rotatable bonds is 7. The molecule has 0 saturated carbocycles. The molecule has 0 aliphatic heterocycles. The lowest BCUT2D eigenvalue weighted by molar-refractivity contribution is -0.136. The predicted octanol–water partition coefficient (Wildman–Crippen LogP) is 4.46. The minimum atomic E-state index is -0.716. The number of nitrogens with zero attached hydrogens (tertiary/aromatic N) is 1. The topological polar surface area (TPSA) is 95.4 Å². The largest absolute Gasteiger partial charge is 0.463 e. The Bertz CT molecular complexity index is 1080. The molecule has 2 N–H and O–H groups in total. The number of thiazole rings is 1. The van der Waals surface area contributed by atoms with E-state index in [2.05, 4.69) is 11.9 Å². The first-order valence-electron chi connectivity index (χ1n) is 9.80. The van der Waals surface area contributed by atoms with Crippen molar-refractivity contribution in [2.24, 2.45) is 11.7 Å². The first kappa shape index (κ1) is 21.2. The summed E-state index contributed by atoms with van der Waals surface area (Å²) in [6, 6.07) is 2.67. The van der Waals surface area contributed by atoms with Crippen LogP contribution in [0.3, 0.4) is 0 Å². The highest BCUT2D eigenvalue weighted by Gasteiger charge is 2.22. The van der Waals surface area contributed by atoms with Crippen LogP contribution < -0.4 is 15.9 Å². The van der Waals surface area contributed by atoms with Crippen molar-refractivity contribution >= 4 is 28.3 Å². The highest BCUT2D eigenvalue weighted by molar-refractivity contribution is 7.09. The van der Waals surface area contributed by atoms with E-state index in [1.54, 1.807) is 12.1 Å². The van der Waals surface area contributed by atoms with Crippen molar-refractivity contribution in [3.05, 3.63) is 44.6 Å². The Balaban J connectivity index is 2.08. The second-order valence-electron chi connectivity index (χ2n) is 7.48. The normalized spacial score (nSPS) is 12.5. The van der Waals surface area contributed by atoms with Crippen LogP contribution >= 0.6 is 11.3 Å². The van der Waals surface area contributed by atoms with Crippen LogP contribution in [0.1, 0.15) is 44.2 Å². The summed E-state index contributed by atoms with van der Waals surface area (Å²) < 4.78 is 11.3. The van der Waals surface area contributed by atoms with Gasteiger partial charge in [-0.05, 0) is 37.3 Å². The third-order valence-electron chi connectivity index (χ3n) is 4.85. The molecule has 0 aliphatic rings. The molecule has 1 atom stereocenters. The van der Waals surface area contributed by atoms with Gasteiger partial charge in [0.2, 0.25) is 5.43 Å². The molecule has 0 fully saturated rings. The zero-order chi connectivity index (χ0) is 21.1. The number of ether oxygens (including phenoxy) is 1. The van der Waals surface area contributed by atoms with E-state index in [1.165, 1.54) is 17.6 Å². The van der Waals surface area contributed by atoms with Gasteiger partial charge in [-0.1, -0.05) is 27.2 Å². The molecule has 0 aliphatic carbocycles. The quantitative estimate of drug-likeness (QED) is 0.453. The lowest BCUT2D eigenvalue weighted by Crippen LogP contribution is -2.38. The lowest BCUT2D eigenvalue weighted by Gasteiger charge is -2.16. The van der Waals surface area contributed by atoms with Gasteiger partial charge in [0.1, 0.15) is 23.6 Å². The standard InChI is InChI=1S/C22H26N2O4S/c1-5-6-7-14-8-15-19(9-18(14)28-22(26)20(23)12(2)3)27-10-16(21(15)25)17-11-29-13(4)24-17/h8-12,20H,5-7,23H2,1-4H3/t20-/m1/s1. The van der Waals surface area contributed by atoms with Crippen molar-refractivity contribution in [2.75, 3.05) is 0 Å². The van der Waals surface area contributed by atoms with Gasteiger partial charge in [0, 0.05) is 11.4 Å². The van der Waals surface area contributed by atoms with Crippen LogP contribution in [-0.2, 0) is 11.2 Å². The van der Waals surface area contributed by atoms with E-state index in [1.807, 2.05) is 26.2 Å². The fourth-order valence-electron chi connectivity index (χ4n) is 2.97. The molecule has 2 aromatic heterocycles. The van der Waals surface area contributed by atoms with E-state index in [0.717, 1.165) is 23.4 Å². The van der Waals surface area contributed by atoms with Crippen molar-refractivity contribution < 1.29 is 13.9 Å². The number of hydrogen-bond acceptors (Lipinski definition) is 7. The maximum Gasteiger partial charge on any atom is 0.328 e. The van der Waals surface area contributed by atoms with Gasteiger partial charge in [0.25, 0.3) is 0 Å². The van der Waals surface area contributed by atoms with Crippen molar-refractivity contribution in [3.8, 4) is 17.0 Å². The molecule has 154 valence electrons. The number of benzene rings is 1. The van der Waals surface area contributed by atoms with Gasteiger partial charge in [0.05, 0.1) is 21.7 Å². The number of aryl methyl sites for hydroxylation is 2. The molecule has 3 rings (SSSR count). The summed E-state index contributed by atoms with van der Waals surface area (Å²) in [5.74, 6) is -0.134. The summed E-state index contributed by atoms with van der Waals surface area (Å²) in [7, 11) is 0. The highest BCUT2D eigenvalue weighted by atomic mass is 32.1. The van der Waals surface area contributed by atoms with Gasteiger partial charge < -0.3 is 14.9 Å². The first-order chi connectivity index (χ1) is 13.8. The Morgan fingerprint density at radius 3 is 2.72 bits per heavy atom. The van der Waals surface area contributed by atoms with Crippen LogP contribution in [0.25, 0.3) is 22.2 Å². The molecule has 0 radical (unpaired) electrons. The summed E-state index contributed by atoms with van der Waals surface area (Å²) in [5.41, 5.74) is 7.98. The van der Waals surface area contributed by atoms with E-state index in [0.29, 0.717) is 34.4 Å². The average Bonchev–Trinajstić information content (AvgIpc) is 3.12. The van der Waals surface area contributed by atoms with Crippen molar-refractivity contribution in [2.45, 2.75) is 53.0 Å². The van der Waals surface area contributed by atoms with Crippen LogP contribution in [0.5, 0.6) is 5.75 Å². The second-order valence-corrected chi connectivity index (χ2v) is 8.54. The van der Waals surface area contributed by atoms with Crippen molar-refractivity contribution in [3.63, 3.8) is 0 Å². The Morgan fingerprint density at radius 1 is 1.34 bits per heavy atom. The molecule has 6 nitrogen and oxygen atoms in total. The predicted molar refractivity (Wildman–Crippen MR) is 115 cm³/mol. The number of aromatic nitrogens is 1. The number of esters is 1. The minimum absolute atomic E-state index is 0.0379. The van der Waals surface area contributed by atoms with Crippen LogP contribution in [0.15, 0.2) is 33.0 Å². The zero-order valence-electron chi connectivity index (χ0n) is 17.2.